The third-order valence-corrected chi connectivity index (χ3v) is 6.68. The molecule has 28 heavy (non-hydrogen) atoms. The van der Waals surface area contributed by atoms with Gasteiger partial charge in [-0.15, -0.1) is 12.4 Å². The second kappa shape index (κ2) is 8.11. The molecule has 0 aromatic heterocycles. The first kappa shape index (κ1) is 22.2. The van der Waals surface area contributed by atoms with Gasteiger partial charge in [0.2, 0.25) is 0 Å². The Morgan fingerprint density at radius 1 is 1.21 bits per heavy atom. The monoisotopic (exact) mass is 423 g/mol. The zero-order valence-corrected chi connectivity index (χ0v) is 17.8. The Balaban J connectivity index is 0.00000280. The highest BCUT2D eigenvalue weighted by atomic mass is 35.5. The highest BCUT2D eigenvalue weighted by molar-refractivity contribution is 7.92. The summed E-state index contributed by atoms with van der Waals surface area (Å²) in [5.74, 6) is -0.350. The summed E-state index contributed by atoms with van der Waals surface area (Å²) in [6, 6.07) is 13.5. The number of halogens is 1. The molecule has 8 heteroatoms. The van der Waals surface area contributed by atoms with Gasteiger partial charge >= 0.3 is 0 Å². The summed E-state index contributed by atoms with van der Waals surface area (Å²) in [5.41, 5.74) is 7.08. The molecule has 2 aromatic rings. The summed E-state index contributed by atoms with van der Waals surface area (Å²) in [4.78, 5) is 12.6. The summed E-state index contributed by atoms with van der Waals surface area (Å²) < 4.78 is 28.0. The second-order valence-corrected chi connectivity index (χ2v) is 9.37. The van der Waals surface area contributed by atoms with Crippen molar-refractivity contribution in [1.82, 2.24) is 5.32 Å². The highest BCUT2D eigenvalue weighted by Crippen LogP contribution is 2.36. The molecule has 3 N–H and O–H groups in total. The van der Waals surface area contributed by atoms with Gasteiger partial charge in [-0.1, -0.05) is 24.3 Å². The molecule has 0 saturated heterocycles. The number of hydrogen-bond acceptors (Lipinski definition) is 4. The molecular formula is C20H26ClN3O3S. The predicted molar refractivity (Wildman–Crippen MR) is 114 cm³/mol. The van der Waals surface area contributed by atoms with Crippen LogP contribution in [0.1, 0.15) is 36.7 Å². The van der Waals surface area contributed by atoms with Crippen LogP contribution in [0.15, 0.2) is 53.4 Å². The Kier molecular flexibility index (Phi) is 6.43. The van der Waals surface area contributed by atoms with Crippen LogP contribution < -0.4 is 15.4 Å². The molecule has 6 nitrogen and oxygen atoms in total. The second-order valence-electron chi connectivity index (χ2n) is 7.55. The van der Waals surface area contributed by atoms with Crippen LogP contribution in [0.5, 0.6) is 0 Å². The molecular weight excluding hydrogens is 398 g/mol. The van der Waals surface area contributed by atoms with Crippen molar-refractivity contribution in [1.29, 1.82) is 0 Å². The number of carbonyl (C=O) groups excluding carboxylic acids is 1. The smallest absolute Gasteiger partial charge is 0.264 e. The van der Waals surface area contributed by atoms with Crippen molar-refractivity contribution >= 4 is 34.0 Å². The van der Waals surface area contributed by atoms with Crippen molar-refractivity contribution in [3.63, 3.8) is 0 Å². The third-order valence-electron chi connectivity index (χ3n) is 4.76. The van der Waals surface area contributed by atoms with Gasteiger partial charge < -0.3 is 11.1 Å². The molecule has 0 radical (unpaired) electrons. The normalized spacial score (nSPS) is 16.3. The minimum Gasteiger partial charge on any atom is -0.346 e. The maximum Gasteiger partial charge on any atom is 0.264 e. The van der Waals surface area contributed by atoms with Crippen LogP contribution in [-0.4, -0.2) is 32.5 Å². The summed E-state index contributed by atoms with van der Waals surface area (Å²) in [6.45, 7) is 5.79. The topological polar surface area (TPSA) is 92.5 Å². The van der Waals surface area contributed by atoms with Gasteiger partial charge in [0.15, 0.2) is 0 Å². The summed E-state index contributed by atoms with van der Waals surface area (Å²) in [5, 5.41) is 2.82. The fourth-order valence-electron chi connectivity index (χ4n) is 3.25. The van der Waals surface area contributed by atoms with Crippen molar-refractivity contribution in [2.24, 2.45) is 5.73 Å². The number of hydrogen-bond donors (Lipinski definition) is 2. The lowest BCUT2D eigenvalue weighted by molar-refractivity contribution is 0.0915. The first-order chi connectivity index (χ1) is 12.7. The predicted octanol–water partition coefficient (Wildman–Crippen LogP) is 2.72. The van der Waals surface area contributed by atoms with Gasteiger partial charge in [0.25, 0.3) is 15.9 Å². The van der Waals surface area contributed by atoms with Crippen LogP contribution in [0, 0.1) is 0 Å². The minimum absolute atomic E-state index is 0. The molecule has 3 rings (SSSR count). The summed E-state index contributed by atoms with van der Waals surface area (Å²) >= 11 is 0. The van der Waals surface area contributed by atoms with E-state index in [0.717, 1.165) is 5.56 Å². The Bertz CT molecular complexity index is 976. The lowest BCUT2D eigenvalue weighted by atomic mass is 10.1. The number of nitrogens with two attached hydrogens (primary N) is 1. The van der Waals surface area contributed by atoms with E-state index in [1.54, 1.807) is 12.1 Å². The Hall–Kier alpha value is -2.09. The highest BCUT2D eigenvalue weighted by Gasteiger charge is 2.36. The number of rotatable bonds is 5. The van der Waals surface area contributed by atoms with Crippen LogP contribution in [0.2, 0.25) is 0 Å². The standard InChI is InChI=1S/C20H25N3O3S.ClH/c1-14-11-15-7-4-5-10-18(15)23(14)27(25,26)17-9-6-8-16(12-17)19(24)22-20(2,3)13-21;/h4-10,12,14H,11,13,21H2,1-3H3,(H,22,24);1H. The molecule has 1 heterocycles. The quantitative estimate of drug-likeness (QED) is 0.773. The van der Waals surface area contributed by atoms with E-state index in [1.165, 1.54) is 16.4 Å². The number of nitrogens with one attached hydrogen (secondary N) is 1. The van der Waals surface area contributed by atoms with Crippen LogP contribution in [0.4, 0.5) is 5.69 Å². The first-order valence-corrected chi connectivity index (χ1v) is 10.3. The van der Waals surface area contributed by atoms with Gasteiger partial charge in [0.1, 0.15) is 0 Å². The number of benzene rings is 2. The molecule has 1 atom stereocenters. The van der Waals surface area contributed by atoms with Crippen molar-refractivity contribution in [3.05, 3.63) is 59.7 Å². The third kappa shape index (κ3) is 4.16. The van der Waals surface area contributed by atoms with Crippen LogP contribution in [0.25, 0.3) is 0 Å². The van der Waals surface area contributed by atoms with Crippen LogP contribution in [-0.2, 0) is 16.4 Å². The van der Waals surface area contributed by atoms with Gasteiger partial charge in [-0.25, -0.2) is 8.42 Å². The zero-order valence-electron chi connectivity index (χ0n) is 16.2. The maximum atomic E-state index is 13.3. The average molecular weight is 424 g/mol. The van der Waals surface area contributed by atoms with E-state index in [1.807, 2.05) is 45.0 Å². The number of fused-ring (bicyclic) bond motifs is 1. The molecule has 2 aromatic carbocycles. The van der Waals surface area contributed by atoms with Gasteiger partial charge in [0, 0.05) is 23.7 Å². The number of carbonyl (C=O) groups is 1. The van der Waals surface area contributed by atoms with Crippen molar-refractivity contribution in [2.45, 2.75) is 43.7 Å². The number of amides is 1. The Morgan fingerprint density at radius 3 is 2.57 bits per heavy atom. The van der Waals surface area contributed by atoms with Gasteiger partial charge in [0.05, 0.1) is 10.6 Å². The van der Waals surface area contributed by atoms with Gasteiger partial charge in [-0.2, -0.15) is 0 Å². The van der Waals surface area contributed by atoms with Crippen molar-refractivity contribution < 1.29 is 13.2 Å². The molecule has 0 fully saturated rings. The fourth-order valence-corrected chi connectivity index (χ4v) is 4.98. The SMILES string of the molecule is CC1Cc2ccccc2N1S(=O)(=O)c1cccc(C(=O)NC(C)(C)CN)c1.Cl. The van der Waals surface area contributed by atoms with Gasteiger partial charge in [-0.05, 0) is 57.0 Å². The molecule has 1 amide bonds. The lowest BCUT2D eigenvalue weighted by Crippen LogP contribution is -2.48. The Morgan fingerprint density at radius 2 is 1.89 bits per heavy atom. The van der Waals surface area contributed by atoms with E-state index < -0.39 is 15.6 Å². The van der Waals surface area contributed by atoms with E-state index in [2.05, 4.69) is 5.32 Å². The molecule has 152 valence electrons. The summed E-state index contributed by atoms with van der Waals surface area (Å²) in [7, 11) is -3.78. The summed E-state index contributed by atoms with van der Waals surface area (Å²) in [6.07, 6.45) is 0.667. The number of anilines is 1. The average Bonchev–Trinajstić information content (AvgIpc) is 2.98. The minimum atomic E-state index is -3.78. The molecule has 1 aliphatic heterocycles. The lowest BCUT2D eigenvalue weighted by Gasteiger charge is -2.25. The fraction of sp³-hybridized carbons (Fsp3) is 0.350. The van der Waals surface area contributed by atoms with Crippen molar-refractivity contribution in [3.8, 4) is 0 Å². The molecule has 1 aliphatic rings. The Labute approximate surface area is 172 Å². The van der Waals surface area contributed by atoms with Crippen LogP contribution in [0.3, 0.4) is 0 Å². The van der Waals surface area contributed by atoms with E-state index in [9.17, 15) is 13.2 Å². The number of nitrogens with zero attached hydrogens (tertiary/aromatic N) is 1. The first-order valence-electron chi connectivity index (χ1n) is 8.91. The van der Waals surface area contributed by atoms with E-state index in [4.69, 9.17) is 5.73 Å². The largest absolute Gasteiger partial charge is 0.346 e. The molecule has 0 bridgehead atoms. The van der Waals surface area contributed by atoms with E-state index in [-0.39, 0.29) is 41.4 Å². The van der Waals surface area contributed by atoms with E-state index in [0.29, 0.717) is 12.1 Å². The van der Waals surface area contributed by atoms with Crippen LogP contribution >= 0.6 is 12.4 Å². The molecule has 0 spiro atoms. The molecule has 0 saturated carbocycles. The van der Waals surface area contributed by atoms with Crippen molar-refractivity contribution in [2.75, 3.05) is 10.8 Å². The maximum absolute atomic E-state index is 13.3. The molecule has 1 unspecified atom stereocenters. The number of sulfonamides is 1. The van der Waals surface area contributed by atoms with Gasteiger partial charge in [-0.3, -0.25) is 9.10 Å². The molecule has 0 aliphatic carbocycles. The zero-order chi connectivity index (χ0) is 19.8. The van der Waals surface area contributed by atoms with E-state index >= 15 is 0 Å². The number of para-hydroxylation sites is 1.